The van der Waals surface area contributed by atoms with Gasteiger partial charge in [-0.2, -0.15) is 0 Å². The first-order valence-corrected chi connectivity index (χ1v) is 5.60. The van der Waals surface area contributed by atoms with Crippen LogP contribution in [-0.4, -0.2) is 16.5 Å². The van der Waals surface area contributed by atoms with Crippen molar-refractivity contribution in [1.29, 1.82) is 0 Å². The van der Waals surface area contributed by atoms with Gasteiger partial charge in [-0.1, -0.05) is 43.4 Å². The number of ether oxygens (including phenoxy) is 1. The topological polar surface area (TPSA) is 26.3 Å². The Kier molecular flexibility index (Phi) is 6.80. The molecule has 1 unspecified atom stereocenters. The maximum absolute atomic E-state index is 11.1. The molecule has 0 amide bonds. The highest BCUT2D eigenvalue weighted by Gasteiger charge is 2.09. The molecule has 0 spiro atoms. The van der Waals surface area contributed by atoms with Gasteiger partial charge in [-0.3, -0.25) is 4.79 Å². The molecule has 0 fully saturated rings. The van der Waals surface area contributed by atoms with Crippen LogP contribution in [0.2, 0.25) is 0 Å². The monoisotopic (exact) mass is 284 g/mol. The molecule has 0 aromatic rings. The van der Waals surface area contributed by atoms with Crippen LogP contribution < -0.4 is 0 Å². The van der Waals surface area contributed by atoms with Crippen molar-refractivity contribution >= 4 is 28.6 Å². The van der Waals surface area contributed by atoms with Gasteiger partial charge in [0, 0.05) is 3.92 Å². The molecule has 12 heavy (non-hydrogen) atoms. The van der Waals surface area contributed by atoms with Crippen LogP contribution in [0, 0.1) is 5.92 Å². The number of hydrogen-bond donors (Lipinski definition) is 0. The van der Waals surface area contributed by atoms with Gasteiger partial charge >= 0.3 is 5.97 Å². The maximum Gasteiger partial charge on any atom is 0.306 e. The van der Waals surface area contributed by atoms with Crippen LogP contribution in [0.15, 0.2) is 0 Å². The maximum atomic E-state index is 11.1. The number of alkyl halides is 1. The predicted molar refractivity (Wildman–Crippen MR) is 58.5 cm³/mol. The third-order valence-electron chi connectivity index (χ3n) is 1.41. The Bertz CT molecular complexity index is 134. The molecule has 0 saturated heterocycles. The van der Waals surface area contributed by atoms with Gasteiger partial charge in [0.1, 0.15) is 0 Å². The molecular weight excluding hydrogens is 267 g/mol. The van der Waals surface area contributed by atoms with Crippen molar-refractivity contribution < 1.29 is 9.53 Å². The highest BCUT2D eigenvalue weighted by molar-refractivity contribution is 14.1. The largest absolute Gasteiger partial charge is 0.465 e. The van der Waals surface area contributed by atoms with Crippen molar-refractivity contribution in [2.24, 2.45) is 5.92 Å². The van der Waals surface area contributed by atoms with Crippen LogP contribution >= 0.6 is 22.6 Å². The Morgan fingerprint density at radius 2 is 2.08 bits per heavy atom. The summed E-state index contributed by atoms with van der Waals surface area (Å²) in [5.41, 5.74) is 0. The van der Waals surface area contributed by atoms with E-state index in [2.05, 4.69) is 29.5 Å². The van der Waals surface area contributed by atoms with E-state index < -0.39 is 0 Å². The van der Waals surface area contributed by atoms with Crippen molar-refractivity contribution in [3.05, 3.63) is 0 Å². The molecule has 0 saturated carbocycles. The molecule has 0 aromatic heterocycles. The summed E-state index contributed by atoms with van der Waals surface area (Å²) < 4.78 is 5.45. The summed E-state index contributed by atoms with van der Waals surface area (Å²) in [5, 5.41) is 0. The van der Waals surface area contributed by atoms with Gasteiger partial charge in [0.2, 0.25) is 0 Å². The van der Waals surface area contributed by atoms with E-state index >= 15 is 0 Å². The summed E-state index contributed by atoms with van der Waals surface area (Å²) in [7, 11) is 0. The van der Waals surface area contributed by atoms with Crippen molar-refractivity contribution in [2.45, 2.75) is 37.5 Å². The number of carbonyl (C=O) groups excluding carboxylic acids is 1. The lowest BCUT2D eigenvalue weighted by molar-refractivity contribution is -0.144. The van der Waals surface area contributed by atoms with Crippen LogP contribution in [0.1, 0.15) is 33.6 Å². The van der Waals surface area contributed by atoms with Gasteiger partial charge in [0.25, 0.3) is 0 Å². The quantitative estimate of drug-likeness (QED) is 0.441. The number of rotatable bonds is 5. The third-order valence-corrected chi connectivity index (χ3v) is 2.73. The standard InChI is InChI=1S/C9H17IO2/c1-4-8(10)5-9(11)12-6-7(2)3/h7-8H,4-6H2,1-3H3. The zero-order chi connectivity index (χ0) is 9.56. The van der Waals surface area contributed by atoms with Crippen molar-refractivity contribution in [1.82, 2.24) is 0 Å². The lowest BCUT2D eigenvalue weighted by Gasteiger charge is -2.08. The van der Waals surface area contributed by atoms with E-state index in [4.69, 9.17) is 4.74 Å². The molecule has 0 aliphatic rings. The predicted octanol–water partition coefficient (Wildman–Crippen LogP) is 2.79. The van der Waals surface area contributed by atoms with Crippen molar-refractivity contribution in [2.75, 3.05) is 6.61 Å². The van der Waals surface area contributed by atoms with E-state index in [0.29, 0.717) is 22.9 Å². The van der Waals surface area contributed by atoms with Crippen LogP contribution in [-0.2, 0) is 9.53 Å². The van der Waals surface area contributed by atoms with E-state index in [-0.39, 0.29) is 5.97 Å². The van der Waals surface area contributed by atoms with Crippen LogP contribution in [0.5, 0.6) is 0 Å². The first-order valence-electron chi connectivity index (χ1n) is 4.36. The zero-order valence-electron chi connectivity index (χ0n) is 7.97. The summed E-state index contributed by atoms with van der Waals surface area (Å²) in [5.74, 6) is 0.369. The second-order valence-corrected chi connectivity index (χ2v) is 5.05. The smallest absolute Gasteiger partial charge is 0.306 e. The Labute approximate surface area is 88.2 Å². The second kappa shape index (κ2) is 6.69. The molecule has 0 bridgehead atoms. The molecule has 0 N–H and O–H groups in total. The van der Waals surface area contributed by atoms with Crippen molar-refractivity contribution in [3.63, 3.8) is 0 Å². The second-order valence-electron chi connectivity index (χ2n) is 3.29. The Hall–Kier alpha value is 0.200. The lowest BCUT2D eigenvalue weighted by atomic mass is 10.2. The minimum Gasteiger partial charge on any atom is -0.465 e. The van der Waals surface area contributed by atoms with Gasteiger partial charge in [-0.15, -0.1) is 0 Å². The minimum atomic E-state index is -0.0649. The molecule has 0 aliphatic carbocycles. The first kappa shape index (κ1) is 12.2. The normalized spacial score (nSPS) is 13.1. The fraction of sp³-hybridized carbons (Fsp3) is 0.889. The van der Waals surface area contributed by atoms with E-state index in [9.17, 15) is 4.79 Å². The number of hydrogen-bond acceptors (Lipinski definition) is 2. The Morgan fingerprint density at radius 3 is 2.50 bits per heavy atom. The van der Waals surface area contributed by atoms with E-state index in [1.54, 1.807) is 0 Å². The molecule has 0 rings (SSSR count). The SMILES string of the molecule is CCC(I)CC(=O)OCC(C)C. The highest BCUT2D eigenvalue weighted by atomic mass is 127. The molecule has 1 atom stereocenters. The van der Waals surface area contributed by atoms with Crippen LogP contribution in [0.3, 0.4) is 0 Å². The lowest BCUT2D eigenvalue weighted by Crippen LogP contribution is -2.13. The first-order chi connectivity index (χ1) is 5.56. The fourth-order valence-electron chi connectivity index (χ4n) is 0.644. The minimum absolute atomic E-state index is 0.0649. The number of halogens is 1. The van der Waals surface area contributed by atoms with Crippen LogP contribution in [0.4, 0.5) is 0 Å². The van der Waals surface area contributed by atoms with E-state index in [1.165, 1.54) is 0 Å². The molecule has 2 nitrogen and oxygen atoms in total. The molecule has 72 valence electrons. The summed E-state index contributed by atoms with van der Waals surface area (Å²) in [6.45, 7) is 6.70. The Balaban J connectivity index is 3.46. The zero-order valence-corrected chi connectivity index (χ0v) is 10.1. The molecule has 0 heterocycles. The molecule has 3 heteroatoms. The average Bonchev–Trinajstić information content (AvgIpc) is 2.00. The molecule has 0 aliphatic heterocycles. The average molecular weight is 284 g/mol. The Morgan fingerprint density at radius 1 is 1.50 bits per heavy atom. The number of esters is 1. The summed E-state index contributed by atoms with van der Waals surface area (Å²) in [6.07, 6.45) is 1.57. The van der Waals surface area contributed by atoms with Gasteiger partial charge in [0.15, 0.2) is 0 Å². The van der Waals surface area contributed by atoms with Gasteiger partial charge in [0.05, 0.1) is 13.0 Å². The third kappa shape index (κ3) is 6.88. The van der Waals surface area contributed by atoms with Crippen molar-refractivity contribution in [3.8, 4) is 0 Å². The summed E-state index contributed by atoms with van der Waals surface area (Å²) in [6, 6.07) is 0. The molecule has 0 radical (unpaired) electrons. The fourth-order valence-corrected chi connectivity index (χ4v) is 1.00. The summed E-state index contributed by atoms with van der Waals surface area (Å²) in [4.78, 5) is 11.1. The van der Waals surface area contributed by atoms with Gasteiger partial charge < -0.3 is 4.74 Å². The van der Waals surface area contributed by atoms with Crippen LogP contribution in [0.25, 0.3) is 0 Å². The number of carbonyl (C=O) groups is 1. The molecule has 0 aromatic carbocycles. The summed E-state index contributed by atoms with van der Waals surface area (Å²) >= 11 is 2.28. The highest BCUT2D eigenvalue weighted by Crippen LogP contribution is 2.10. The van der Waals surface area contributed by atoms with E-state index in [0.717, 1.165) is 6.42 Å². The van der Waals surface area contributed by atoms with Gasteiger partial charge in [-0.05, 0) is 12.3 Å². The molecular formula is C9H17IO2. The van der Waals surface area contributed by atoms with E-state index in [1.807, 2.05) is 13.8 Å². The van der Waals surface area contributed by atoms with Gasteiger partial charge in [-0.25, -0.2) is 0 Å².